The van der Waals surface area contributed by atoms with Gasteiger partial charge in [-0.2, -0.15) is 0 Å². The number of rotatable bonds is 6. The van der Waals surface area contributed by atoms with E-state index >= 15 is 0 Å². The van der Waals surface area contributed by atoms with Gasteiger partial charge in [0.2, 0.25) is 0 Å². The van der Waals surface area contributed by atoms with Crippen LogP contribution in [0.4, 0.5) is 5.69 Å². The van der Waals surface area contributed by atoms with Gasteiger partial charge in [0.1, 0.15) is 6.61 Å². The second-order valence-corrected chi connectivity index (χ2v) is 3.51. The molecule has 1 aromatic rings. The average Bonchev–Trinajstić information content (AvgIpc) is 2.18. The van der Waals surface area contributed by atoms with E-state index in [-0.39, 0.29) is 12.4 Å². The van der Waals surface area contributed by atoms with E-state index in [0.717, 1.165) is 12.0 Å². The molecule has 0 aliphatic carbocycles. The fourth-order valence-corrected chi connectivity index (χ4v) is 1.31. The standard InChI is InChI=1S/C12H17NO2/c1-2-6-15-9-12(14)8-10-4-3-5-11(13)7-10/h3-5,7H,2,6,8-9,13H2,1H3. The van der Waals surface area contributed by atoms with Crippen molar-refractivity contribution in [3.8, 4) is 0 Å². The van der Waals surface area contributed by atoms with E-state index in [4.69, 9.17) is 10.5 Å². The lowest BCUT2D eigenvalue weighted by Crippen LogP contribution is -2.12. The summed E-state index contributed by atoms with van der Waals surface area (Å²) in [5.41, 5.74) is 7.25. The largest absolute Gasteiger partial charge is 0.399 e. The van der Waals surface area contributed by atoms with Crippen molar-refractivity contribution in [3.63, 3.8) is 0 Å². The lowest BCUT2D eigenvalue weighted by Gasteiger charge is -2.03. The molecule has 0 amide bonds. The number of carbonyl (C=O) groups excluding carboxylic acids is 1. The molecule has 15 heavy (non-hydrogen) atoms. The Morgan fingerprint density at radius 1 is 1.47 bits per heavy atom. The SMILES string of the molecule is CCCOCC(=O)Cc1cccc(N)c1. The van der Waals surface area contributed by atoms with Crippen LogP contribution < -0.4 is 5.73 Å². The average molecular weight is 207 g/mol. The molecule has 0 unspecified atom stereocenters. The Morgan fingerprint density at radius 2 is 2.27 bits per heavy atom. The van der Waals surface area contributed by atoms with Gasteiger partial charge in [-0.3, -0.25) is 4.79 Å². The highest BCUT2D eigenvalue weighted by Crippen LogP contribution is 2.07. The second-order valence-electron chi connectivity index (χ2n) is 3.51. The molecule has 0 aliphatic heterocycles. The Bertz CT molecular complexity index is 323. The number of ketones is 1. The monoisotopic (exact) mass is 207 g/mol. The quantitative estimate of drug-likeness (QED) is 0.571. The van der Waals surface area contributed by atoms with Gasteiger partial charge in [0, 0.05) is 18.7 Å². The van der Waals surface area contributed by atoms with Crippen LogP contribution in [0.1, 0.15) is 18.9 Å². The number of nitrogen functional groups attached to an aromatic ring is 1. The Balaban J connectivity index is 2.37. The molecule has 82 valence electrons. The summed E-state index contributed by atoms with van der Waals surface area (Å²) in [6.07, 6.45) is 1.33. The highest BCUT2D eigenvalue weighted by Gasteiger charge is 2.03. The normalized spacial score (nSPS) is 10.2. The maximum Gasteiger partial charge on any atom is 0.162 e. The summed E-state index contributed by atoms with van der Waals surface area (Å²) < 4.78 is 5.17. The van der Waals surface area contributed by atoms with Crippen molar-refractivity contribution in [1.82, 2.24) is 0 Å². The number of benzene rings is 1. The van der Waals surface area contributed by atoms with Gasteiger partial charge in [-0.15, -0.1) is 0 Å². The first-order valence-corrected chi connectivity index (χ1v) is 5.16. The van der Waals surface area contributed by atoms with Crippen molar-refractivity contribution in [2.75, 3.05) is 18.9 Å². The van der Waals surface area contributed by atoms with Crippen molar-refractivity contribution in [2.24, 2.45) is 0 Å². The minimum atomic E-state index is 0.0917. The third-order valence-corrected chi connectivity index (χ3v) is 1.96. The van der Waals surface area contributed by atoms with E-state index in [2.05, 4.69) is 0 Å². The van der Waals surface area contributed by atoms with E-state index < -0.39 is 0 Å². The Kier molecular flexibility index (Phi) is 4.84. The summed E-state index contributed by atoms with van der Waals surface area (Å²) in [6, 6.07) is 7.37. The summed E-state index contributed by atoms with van der Waals surface area (Å²) in [4.78, 5) is 11.4. The Hall–Kier alpha value is -1.35. The van der Waals surface area contributed by atoms with E-state index in [1.54, 1.807) is 0 Å². The highest BCUT2D eigenvalue weighted by molar-refractivity contribution is 5.82. The Labute approximate surface area is 90.2 Å². The predicted octanol–water partition coefficient (Wildman–Crippen LogP) is 1.81. The molecule has 0 radical (unpaired) electrons. The van der Waals surface area contributed by atoms with E-state index in [1.165, 1.54) is 0 Å². The van der Waals surface area contributed by atoms with Crippen molar-refractivity contribution in [2.45, 2.75) is 19.8 Å². The molecule has 0 bridgehead atoms. The maximum atomic E-state index is 11.4. The third kappa shape index (κ3) is 4.61. The number of ether oxygens (including phenoxy) is 1. The molecule has 0 heterocycles. The van der Waals surface area contributed by atoms with Crippen molar-refractivity contribution < 1.29 is 9.53 Å². The molecule has 0 saturated carbocycles. The van der Waals surface area contributed by atoms with E-state index in [0.29, 0.717) is 18.7 Å². The summed E-state index contributed by atoms with van der Waals surface area (Å²) in [7, 11) is 0. The van der Waals surface area contributed by atoms with E-state index in [9.17, 15) is 4.79 Å². The number of hydrogen-bond acceptors (Lipinski definition) is 3. The maximum absolute atomic E-state index is 11.4. The van der Waals surface area contributed by atoms with Crippen LogP contribution in [0.5, 0.6) is 0 Å². The highest BCUT2D eigenvalue weighted by atomic mass is 16.5. The summed E-state index contributed by atoms with van der Waals surface area (Å²) in [6.45, 7) is 2.85. The molecular formula is C12H17NO2. The van der Waals surface area contributed by atoms with Crippen LogP contribution in [-0.2, 0) is 16.0 Å². The van der Waals surface area contributed by atoms with Gasteiger partial charge < -0.3 is 10.5 Å². The van der Waals surface area contributed by atoms with Gasteiger partial charge in [-0.05, 0) is 24.1 Å². The minimum Gasteiger partial charge on any atom is -0.399 e. The van der Waals surface area contributed by atoms with Crippen molar-refractivity contribution in [1.29, 1.82) is 0 Å². The van der Waals surface area contributed by atoms with Crippen LogP contribution in [0.15, 0.2) is 24.3 Å². The first kappa shape index (κ1) is 11.7. The van der Waals surface area contributed by atoms with Gasteiger partial charge >= 0.3 is 0 Å². The zero-order valence-electron chi connectivity index (χ0n) is 9.03. The fourth-order valence-electron chi connectivity index (χ4n) is 1.31. The molecule has 3 nitrogen and oxygen atoms in total. The van der Waals surface area contributed by atoms with Crippen LogP contribution in [0.25, 0.3) is 0 Å². The molecule has 0 saturated heterocycles. The van der Waals surface area contributed by atoms with Crippen LogP contribution in [-0.4, -0.2) is 19.0 Å². The topological polar surface area (TPSA) is 52.3 Å². The molecule has 0 aromatic heterocycles. The lowest BCUT2D eigenvalue weighted by molar-refractivity contribution is -0.122. The van der Waals surface area contributed by atoms with Crippen LogP contribution >= 0.6 is 0 Å². The number of Topliss-reactive ketones (excluding diaryl/α,β-unsaturated/α-hetero) is 1. The van der Waals surface area contributed by atoms with Crippen LogP contribution in [0.2, 0.25) is 0 Å². The minimum absolute atomic E-state index is 0.0917. The molecular weight excluding hydrogens is 190 g/mol. The molecule has 0 spiro atoms. The molecule has 1 aromatic carbocycles. The fraction of sp³-hybridized carbons (Fsp3) is 0.417. The van der Waals surface area contributed by atoms with Gasteiger partial charge in [0.25, 0.3) is 0 Å². The summed E-state index contributed by atoms with van der Waals surface area (Å²) >= 11 is 0. The summed E-state index contributed by atoms with van der Waals surface area (Å²) in [5, 5.41) is 0. The molecule has 1 rings (SSSR count). The lowest BCUT2D eigenvalue weighted by atomic mass is 10.1. The van der Waals surface area contributed by atoms with Crippen LogP contribution in [0, 0.1) is 0 Å². The second kappa shape index (κ2) is 6.19. The first-order chi connectivity index (χ1) is 7.22. The number of carbonyl (C=O) groups is 1. The van der Waals surface area contributed by atoms with Crippen molar-refractivity contribution in [3.05, 3.63) is 29.8 Å². The molecule has 0 fully saturated rings. The van der Waals surface area contributed by atoms with Gasteiger partial charge in [0.05, 0.1) is 0 Å². The molecule has 2 N–H and O–H groups in total. The first-order valence-electron chi connectivity index (χ1n) is 5.16. The third-order valence-electron chi connectivity index (χ3n) is 1.96. The zero-order chi connectivity index (χ0) is 11.1. The number of hydrogen-bond donors (Lipinski definition) is 1. The predicted molar refractivity (Wildman–Crippen MR) is 60.7 cm³/mol. The van der Waals surface area contributed by atoms with Crippen LogP contribution in [0.3, 0.4) is 0 Å². The van der Waals surface area contributed by atoms with Crippen molar-refractivity contribution >= 4 is 11.5 Å². The van der Waals surface area contributed by atoms with Gasteiger partial charge in [-0.1, -0.05) is 19.1 Å². The zero-order valence-corrected chi connectivity index (χ0v) is 9.03. The van der Waals surface area contributed by atoms with Gasteiger partial charge in [-0.25, -0.2) is 0 Å². The smallest absolute Gasteiger partial charge is 0.162 e. The molecule has 3 heteroatoms. The van der Waals surface area contributed by atoms with E-state index in [1.807, 2.05) is 31.2 Å². The summed E-state index contributed by atoms with van der Waals surface area (Å²) in [5.74, 6) is 0.0917. The molecule has 0 atom stereocenters. The Morgan fingerprint density at radius 3 is 2.93 bits per heavy atom. The number of nitrogens with two attached hydrogens (primary N) is 1. The number of anilines is 1. The van der Waals surface area contributed by atoms with Gasteiger partial charge in [0.15, 0.2) is 5.78 Å². The molecule has 0 aliphatic rings.